The van der Waals surface area contributed by atoms with Crippen molar-refractivity contribution in [3.05, 3.63) is 45.3 Å². The Labute approximate surface area is 181 Å². The van der Waals surface area contributed by atoms with Crippen molar-refractivity contribution in [2.75, 3.05) is 5.32 Å². The van der Waals surface area contributed by atoms with Crippen molar-refractivity contribution < 1.29 is 18.6 Å². The highest BCUT2D eigenvalue weighted by Gasteiger charge is 2.44. The van der Waals surface area contributed by atoms with E-state index >= 15 is 0 Å². The molecule has 1 atom stereocenters. The molecule has 1 aliphatic carbocycles. The van der Waals surface area contributed by atoms with E-state index in [1.807, 2.05) is 39.8 Å². The highest BCUT2D eigenvalue weighted by atomic mass is 35.5. The molecule has 1 heterocycles. The molecule has 1 aromatic carbocycles. The second kappa shape index (κ2) is 8.17. The van der Waals surface area contributed by atoms with Gasteiger partial charge < -0.3 is 15.5 Å². The summed E-state index contributed by atoms with van der Waals surface area (Å²) in [5.74, 6) is 0.244. The van der Waals surface area contributed by atoms with Crippen LogP contribution in [-0.4, -0.2) is 25.0 Å². The van der Waals surface area contributed by atoms with E-state index in [2.05, 4.69) is 10.0 Å². The van der Waals surface area contributed by atoms with Crippen LogP contribution in [0.1, 0.15) is 68.4 Å². The van der Waals surface area contributed by atoms with E-state index in [1.54, 1.807) is 6.07 Å². The number of aliphatic hydroxyl groups excluding tert-OH is 1. The van der Waals surface area contributed by atoms with Crippen molar-refractivity contribution in [1.29, 1.82) is 0 Å². The van der Waals surface area contributed by atoms with Crippen molar-refractivity contribution >= 4 is 38.6 Å². The molecule has 0 amide bonds. The lowest BCUT2D eigenvalue weighted by molar-refractivity contribution is 0.155. The predicted octanol–water partition coefficient (Wildman–Crippen LogP) is 4.30. The van der Waals surface area contributed by atoms with Crippen LogP contribution in [0, 0.1) is 0 Å². The molecular weight excluding hydrogens is 432 g/mol. The summed E-state index contributed by atoms with van der Waals surface area (Å²) in [5, 5.41) is 24.2. The summed E-state index contributed by atoms with van der Waals surface area (Å²) in [4.78, 5) is 0.627. The third-order valence-corrected chi connectivity index (χ3v) is 8.38. The number of anilines is 1. The monoisotopic (exact) mass is 458 g/mol. The first-order valence-corrected chi connectivity index (χ1v) is 12.2. The first kappa shape index (κ1) is 22.5. The zero-order valence-electron chi connectivity index (χ0n) is 16.9. The van der Waals surface area contributed by atoms with Gasteiger partial charge in [-0.1, -0.05) is 39.3 Å². The smallest absolute Gasteiger partial charge is 0.253 e. The average molecular weight is 459 g/mol. The van der Waals surface area contributed by atoms with Gasteiger partial charge in [0.05, 0.1) is 5.60 Å². The van der Waals surface area contributed by atoms with Gasteiger partial charge in [-0.25, -0.2) is 8.42 Å². The molecule has 4 N–H and O–H groups in total. The van der Waals surface area contributed by atoms with Gasteiger partial charge in [-0.15, -0.1) is 11.3 Å². The number of benzene rings is 1. The van der Waals surface area contributed by atoms with Crippen LogP contribution < -0.4 is 10.0 Å². The second-order valence-corrected chi connectivity index (χ2v) is 11.5. The van der Waals surface area contributed by atoms with Crippen LogP contribution in [0.25, 0.3) is 0 Å². The lowest BCUT2D eigenvalue weighted by Crippen LogP contribution is -2.40. The number of sulfonamides is 1. The molecule has 6 nitrogen and oxygen atoms in total. The minimum Gasteiger partial charge on any atom is -0.384 e. The van der Waals surface area contributed by atoms with E-state index in [4.69, 9.17) is 11.6 Å². The maximum absolute atomic E-state index is 12.7. The fourth-order valence-electron chi connectivity index (χ4n) is 3.18. The summed E-state index contributed by atoms with van der Waals surface area (Å²) < 4.78 is 27.7. The number of nitrogens with one attached hydrogen (secondary N) is 2. The van der Waals surface area contributed by atoms with Crippen molar-refractivity contribution in [2.24, 2.45) is 0 Å². The molecule has 0 aliphatic heterocycles. The topological polar surface area (TPSA) is 98.7 Å². The summed E-state index contributed by atoms with van der Waals surface area (Å²) >= 11 is 7.28. The molecule has 1 unspecified atom stereocenters. The summed E-state index contributed by atoms with van der Waals surface area (Å²) in [6, 6.07) is 6.72. The van der Waals surface area contributed by atoms with E-state index in [0.29, 0.717) is 28.4 Å². The minimum absolute atomic E-state index is 0.0537. The third-order valence-electron chi connectivity index (χ3n) is 4.98. The van der Waals surface area contributed by atoms with Gasteiger partial charge in [0, 0.05) is 15.6 Å². The fraction of sp³-hybridized carbons (Fsp3) is 0.500. The molecule has 0 saturated heterocycles. The number of hydrogen-bond acceptors (Lipinski definition) is 6. The SMILES string of the molecule is CC(C)c1cc(Cl)cc(C(C)C)c1NC(O)NS(=O)(=O)c1ccc(C2(O)CC2)s1. The Balaban J connectivity index is 1.83. The van der Waals surface area contributed by atoms with Gasteiger partial charge in [-0.05, 0) is 60.1 Å². The normalized spacial score (nSPS) is 17.0. The summed E-state index contributed by atoms with van der Waals surface area (Å²) in [7, 11) is -3.95. The standard InChI is InChI=1S/C20H27ClN2O4S2/c1-11(2)14-9-13(21)10-15(12(3)4)18(14)22-19(24)23-29(26,27)17-6-5-16(28-17)20(25)7-8-20/h5-6,9-12,19,22-25H,7-8H2,1-4H3. The summed E-state index contributed by atoms with van der Waals surface area (Å²) in [6.45, 7) is 8.03. The second-order valence-electron chi connectivity index (χ2n) is 8.09. The zero-order valence-corrected chi connectivity index (χ0v) is 19.2. The molecule has 0 bridgehead atoms. The average Bonchev–Trinajstić information content (AvgIpc) is 3.15. The lowest BCUT2D eigenvalue weighted by atomic mass is 9.92. The largest absolute Gasteiger partial charge is 0.384 e. The Morgan fingerprint density at radius 2 is 1.66 bits per heavy atom. The van der Waals surface area contributed by atoms with Crippen LogP contribution in [0.15, 0.2) is 28.5 Å². The van der Waals surface area contributed by atoms with Crippen molar-refractivity contribution in [2.45, 2.75) is 68.5 Å². The van der Waals surface area contributed by atoms with E-state index in [0.717, 1.165) is 22.5 Å². The van der Waals surface area contributed by atoms with Crippen LogP contribution in [-0.2, 0) is 15.6 Å². The molecule has 1 aromatic heterocycles. The highest BCUT2D eigenvalue weighted by molar-refractivity contribution is 7.91. The van der Waals surface area contributed by atoms with E-state index < -0.39 is 22.0 Å². The van der Waals surface area contributed by atoms with Gasteiger partial charge in [0.15, 0.2) is 6.35 Å². The zero-order chi connectivity index (χ0) is 21.6. The van der Waals surface area contributed by atoms with E-state index in [9.17, 15) is 18.6 Å². The maximum Gasteiger partial charge on any atom is 0.253 e. The van der Waals surface area contributed by atoms with Crippen molar-refractivity contribution in [1.82, 2.24) is 4.72 Å². The molecule has 29 heavy (non-hydrogen) atoms. The Kier molecular flexibility index (Phi) is 6.34. The minimum atomic E-state index is -3.95. The summed E-state index contributed by atoms with van der Waals surface area (Å²) in [5.41, 5.74) is 1.58. The van der Waals surface area contributed by atoms with Gasteiger partial charge >= 0.3 is 0 Å². The molecule has 3 rings (SSSR count). The molecule has 1 fully saturated rings. The molecule has 1 saturated carbocycles. The molecule has 1 aliphatic rings. The van der Waals surface area contributed by atoms with Crippen LogP contribution in [0.5, 0.6) is 0 Å². The summed E-state index contributed by atoms with van der Waals surface area (Å²) in [6.07, 6.45) is -0.250. The maximum atomic E-state index is 12.7. The molecule has 0 radical (unpaired) electrons. The van der Waals surface area contributed by atoms with Crippen LogP contribution >= 0.6 is 22.9 Å². The number of thiophene rings is 1. The lowest BCUT2D eigenvalue weighted by Gasteiger charge is -2.24. The molecule has 2 aromatic rings. The Hall–Kier alpha value is -1.16. The Bertz CT molecular complexity index is 969. The Morgan fingerprint density at radius 3 is 2.14 bits per heavy atom. The van der Waals surface area contributed by atoms with E-state index in [-0.39, 0.29) is 16.0 Å². The molecular formula is C20H27ClN2O4S2. The molecule has 160 valence electrons. The number of hydrogen-bond donors (Lipinski definition) is 4. The highest BCUT2D eigenvalue weighted by Crippen LogP contribution is 2.48. The number of halogens is 1. The first-order chi connectivity index (χ1) is 13.4. The first-order valence-electron chi connectivity index (χ1n) is 9.56. The van der Waals surface area contributed by atoms with Gasteiger partial charge in [-0.3, -0.25) is 0 Å². The van der Waals surface area contributed by atoms with Crippen LogP contribution in [0.2, 0.25) is 5.02 Å². The van der Waals surface area contributed by atoms with Gasteiger partial charge in [0.2, 0.25) is 0 Å². The van der Waals surface area contributed by atoms with Gasteiger partial charge in [-0.2, -0.15) is 4.72 Å². The molecule has 0 spiro atoms. The van der Waals surface area contributed by atoms with E-state index in [1.165, 1.54) is 6.07 Å². The predicted molar refractivity (Wildman–Crippen MR) is 117 cm³/mol. The third kappa shape index (κ3) is 4.95. The Morgan fingerprint density at radius 1 is 1.10 bits per heavy atom. The van der Waals surface area contributed by atoms with Gasteiger partial charge in [0.1, 0.15) is 4.21 Å². The van der Waals surface area contributed by atoms with Crippen LogP contribution in [0.4, 0.5) is 5.69 Å². The van der Waals surface area contributed by atoms with Crippen LogP contribution in [0.3, 0.4) is 0 Å². The van der Waals surface area contributed by atoms with Crippen molar-refractivity contribution in [3.8, 4) is 0 Å². The fourth-order valence-corrected chi connectivity index (χ4v) is 5.86. The quantitative estimate of drug-likeness (QED) is 0.442. The number of aliphatic hydroxyl groups is 2. The van der Waals surface area contributed by atoms with Gasteiger partial charge in [0.25, 0.3) is 10.0 Å². The molecule has 9 heteroatoms. The number of rotatable bonds is 8. The van der Waals surface area contributed by atoms with Crippen molar-refractivity contribution in [3.63, 3.8) is 0 Å².